The molecule has 0 saturated carbocycles. The quantitative estimate of drug-likeness (QED) is 0.760. The second kappa shape index (κ2) is 8.26. The molecule has 4 rings (SSSR count). The molecule has 1 saturated heterocycles. The van der Waals surface area contributed by atoms with Crippen LogP contribution in [-0.2, 0) is 14.8 Å². The number of piperidine rings is 1. The fourth-order valence-electron chi connectivity index (χ4n) is 3.36. The van der Waals surface area contributed by atoms with Crippen molar-refractivity contribution in [2.75, 3.05) is 25.2 Å². The molecule has 7 nitrogen and oxygen atoms in total. The number of sulfonamides is 1. The number of amides is 1. The molecule has 0 bridgehead atoms. The maximum atomic E-state index is 12.8. The second-order valence-corrected chi connectivity index (χ2v) is 8.87. The van der Waals surface area contributed by atoms with Crippen LogP contribution in [0.5, 0.6) is 11.5 Å². The molecular formula is C21H22N2O5S. The number of nitrogens with zero attached hydrogens (tertiary/aromatic N) is 1. The van der Waals surface area contributed by atoms with Crippen LogP contribution < -0.4 is 14.8 Å². The molecular weight excluding hydrogens is 392 g/mol. The number of benzene rings is 2. The minimum absolute atomic E-state index is 0.192. The third-order valence-corrected chi connectivity index (χ3v) is 6.77. The first-order valence-corrected chi connectivity index (χ1v) is 11.0. The van der Waals surface area contributed by atoms with Crippen molar-refractivity contribution >= 4 is 27.7 Å². The number of carbonyl (C=O) groups is 1. The average molecular weight is 414 g/mol. The van der Waals surface area contributed by atoms with Crippen molar-refractivity contribution in [1.29, 1.82) is 0 Å². The first kappa shape index (κ1) is 19.5. The van der Waals surface area contributed by atoms with E-state index >= 15 is 0 Å². The Labute approximate surface area is 170 Å². The Bertz CT molecular complexity index is 1040. The van der Waals surface area contributed by atoms with Gasteiger partial charge in [0.25, 0.3) is 0 Å². The Morgan fingerprint density at radius 3 is 2.62 bits per heavy atom. The molecule has 2 aromatic rings. The lowest BCUT2D eigenvalue weighted by Crippen LogP contribution is -2.35. The lowest BCUT2D eigenvalue weighted by Gasteiger charge is -2.26. The van der Waals surface area contributed by atoms with Gasteiger partial charge in [-0.3, -0.25) is 4.79 Å². The van der Waals surface area contributed by atoms with E-state index in [0.29, 0.717) is 30.3 Å². The second-order valence-electron chi connectivity index (χ2n) is 6.93. The van der Waals surface area contributed by atoms with Crippen LogP contribution in [0.15, 0.2) is 53.4 Å². The van der Waals surface area contributed by atoms with E-state index in [9.17, 15) is 13.2 Å². The molecule has 1 amide bonds. The highest BCUT2D eigenvalue weighted by Crippen LogP contribution is 2.32. The van der Waals surface area contributed by atoms with Crippen LogP contribution in [-0.4, -0.2) is 38.5 Å². The Morgan fingerprint density at radius 2 is 1.79 bits per heavy atom. The van der Waals surface area contributed by atoms with Gasteiger partial charge < -0.3 is 14.8 Å². The van der Waals surface area contributed by atoms with Gasteiger partial charge in [0.15, 0.2) is 11.5 Å². The van der Waals surface area contributed by atoms with E-state index in [4.69, 9.17) is 9.47 Å². The zero-order chi connectivity index (χ0) is 20.3. The van der Waals surface area contributed by atoms with Gasteiger partial charge in [-0.15, -0.1) is 0 Å². The summed E-state index contributed by atoms with van der Waals surface area (Å²) < 4.78 is 37.7. The summed E-state index contributed by atoms with van der Waals surface area (Å²) in [5.41, 5.74) is 1.23. The van der Waals surface area contributed by atoms with Gasteiger partial charge in [0.05, 0.1) is 4.90 Å². The van der Waals surface area contributed by atoms with E-state index in [2.05, 4.69) is 5.32 Å². The summed E-state index contributed by atoms with van der Waals surface area (Å²) in [5.74, 6) is 0.969. The normalized spacial score (nSPS) is 16.8. The summed E-state index contributed by atoms with van der Waals surface area (Å²) in [6.07, 6.45) is 5.85. The zero-order valence-corrected chi connectivity index (χ0v) is 16.7. The fraction of sp³-hybridized carbons (Fsp3) is 0.286. The van der Waals surface area contributed by atoms with Gasteiger partial charge in [-0.25, -0.2) is 8.42 Å². The first-order valence-electron chi connectivity index (χ1n) is 9.51. The SMILES string of the molecule is O=C(/C=C/c1ccc2c(c1)OCO2)Nc1cccc(S(=O)(=O)N2CCCCC2)c1. The number of anilines is 1. The van der Waals surface area contributed by atoms with E-state index < -0.39 is 10.0 Å². The molecule has 2 aliphatic rings. The van der Waals surface area contributed by atoms with Gasteiger partial charge in [0.2, 0.25) is 22.7 Å². The number of hydrogen-bond donors (Lipinski definition) is 1. The van der Waals surface area contributed by atoms with Crippen molar-refractivity contribution < 1.29 is 22.7 Å². The molecule has 0 atom stereocenters. The number of hydrogen-bond acceptors (Lipinski definition) is 5. The molecule has 29 heavy (non-hydrogen) atoms. The lowest BCUT2D eigenvalue weighted by molar-refractivity contribution is -0.111. The van der Waals surface area contributed by atoms with Crippen molar-refractivity contribution in [2.24, 2.45) is 0 Å². The summed E-state index contributed by atoms with van der Waals surface area (Å²) in [4.78, 5) is 12.5. The molecule has 152 valence electrons. The van der Waals surface area contributed by atoms with Gasteiger partial charge in [-0.1, -0.05) is 18.6 Å². The monoisotopic (exact) mass is 414 g/mol. The highest BCUT2D eigenvalue weighted by molar-refractivity contribution is 7.89. The fourth-order valence-corrected chi connectivity index (χ4v) is 4.92. The van der Waals surface area contributed by atoms with Crippen LogP contribution in [0, 0.1) is 0 Å². The first-order chi connectivity index (χ1) is 14.0. The predicted octanol–water partition coefficient (Wildman–Crippen LogP) is 3.24. The summed E-state index contributed by atoms with van der Waals surface area (Å²) >= 11 is 0. The molecule has 1 N–H and O–H groups in total. The molecule has 0 radical (unpaired) electrons. The standard InChI is InChI=1S/C21H22N2O5S/c24-21(10-8-16-7-9-19-20(13-16)28-15-27-19)22-17-5-4-6-18(14-17)29(25,26)23-11-2-1-3-12-23/h4-10,13-14H,1-3,11-12,15H2,(H,22,24)/b10-8+. The molecule has 0 aromatic heterocycles. The maximum absolute atomic E-state index is 12.8. The topological polar surface area (TPSA) is 84.9 Å². The number of carbonyl (C=O) groups excluding carboxylic acids is 1. The van der Waals surface area contributed by atoms with E-state index in [1.54, 1.807) is 36.4 Å². The average Bonchev–Trinajstić information content (AvgIpc) is 3.21. The molecule has 2 aromatic carbocycles. The lowest BCUT2D eigenvalue weighted by atomic mass is 10.2. The summed E-state index contributed by atoms with van der Waals surface area (Å²) in [6, 6.07) is 11.8. The van der Waals surface area contributed by atoms with E-state index in [1.165, 1.54) is 16.4 Å². The molecule has 0 spiro atoms. The molecule has 1 fully saturated rings. The van der Waals surface area contributed by atoms with Gasteiger partial charge in [0, 0.05) is 24.9 Å². The van der Waals surface area contributed by atoms with Gasteiger partial charge in [0.1, 0.15) is 0 Å². The Balaban J connectivity index is 1.44. The molecule has 0 aliphatic carbocycles. The van der Waals surface area contributed by atoms with Gasteiger partial charge in [-0.05, 0) is 54.8 Å². The van der Waals surface area contributed by atoms with Crippen molar-refractivity contribution in [3.05, 3.63) is 54.1 Å². The Hall–Kier alpha value is -2.84. The Kier molecular flexibility index (Phi) is 5.55. The highest BCUT2D eigenvalue weighted by Gasteiger charge is 2.26. The Morgan fingerprint density at radius 1 is 1.00 bits per heavy atom. The van der Waals surface area contributed by atoms with Crippen molar-refractivity contribution in [2.45, 2.75) is 24.2 Å². The largest absolute Gasteiger partial charge is 0.454 e. The molecule has 0 unspecified atom stereocenters. The van der Waals surface area contributed by atoms with Crippen molar-refractivity contribution in [3.8, 4) is 11.5 Å². The summed E-state index contributed by atoms with van der Waals surface area (Å²) in [6.45, 7) is 1.27. The minimum Gasteiger partial charge on any atom is -0.454 e. The third-order valence-electron chi connectivity index (χ3n) is 4.88. The van der Waals surface area contributed by atoms with Crippen molar-refractivity contribution in [1.82, 2.24) is 4.31 Å². The number of ether oxygens (including phenoxy) is 2. The molecule has 2 heterocycles. The van der Waals surface area contributed by atoms with E-state index in [0.717, 1.165) is 24.8 Å². The van der Waals surface area contributed by atoms with Gasteiger partial charge in [-0.2, -0.15) is 4.31 Å². The molecule has 8 heteroatoms. The van der Waals surface area contributed by atoms with Crippen LogP contribution in [0.2, 0.25) is 0 Å². The number of rotatable bonds is 5. The molecule has 2 aliphatic heterocycles. The summed E-state index contributed by atoms with van der Waals surface area (Å²) in [7, 11) is -3.54. The van der Waals surface area contributed by atoms with Crippen molar-refractivity contribution in [3.63, 3.8) is 0 Å². The van der Waals surface area contributed by atoms with Crippen LogP contribution in [0.25, 0.3) is 6.08 Å². The van der Waals surface area contributed by atoms with Crippen LogP contribution in [0.4, 0.5) is 5.69 Å². The number of fused-ring (bicyclic) bond motifs is 1. The zero-order valence-electron chi connectivity index (χ0n) is 15.8. The minimum atomic E-state index is -3.54. The number of nitrogens with one attached hydrogen (secondary N) is 1. The van der Waals surface area contributed by atoms with Crippen LogP contribution in [0.1, 0.15) is 24.8 Å². The van der Waals surface area contributed by atoms with Crippen LogP contribution >= 0.6 is 0 Å². The van der Waals surface area contributed by atoms with E-state index in [-0.39, 0.29) is 17.6 Å². The maximum Gasteiger partial charge on any atom is 0.248 e. The predicted molar refractivity (Wildman–Crippen MR) is 109 cm³/mol. The van der Waals surface area contributed by atoms with E-state index in [1.807, 2.05) is 6.07 Å². The highest BCUT2D eigenvalue weighted by atomic mass is 32.2. The van der Waals surface area contributed by atoms with Crippen LogP contribution in [0.3, 0.4) is 0 Å². The summed E-state index contributed by atoms with van der Waals surface area (Å²) in [5, 5.41) is 2.72. The van der Waals surface area contributed by atoms with Gasteiger partial charge >= 0.3 is 0 Å². The smallest absolute Gasteiger partial charge is 0.248 e. The third kappa shape index (κ3) is 4.44.